The van der Waals surface area contributed by atoms with E-state index in [1.54, 1.807) is 0 Å². The van der Waals surface area contributed by atoms with Gasteiger partial charge in [0.15, 0.2) is 0 Å². The molecule has 0 saturated heterocycles. The third-order valence-electron chi connectivity index (χ3n) is 0.968. The Bertz CT molecular complexity index is 165. The van der Waals surface area contributed by atoms with E-state index < -0.39 is 0 Å². The molecule has 0 atom stereocenters. The van der Waals surface area contributed by atoms with Crippen LogP contribution >= 0.6 is 0 Å². The van der Waals surface area contributed by atoms with Gasteiger partial charge in [-0.25, -0.2) is 5.90 Å². The fraction of sp³-hybridized carbons (Fsp3) is 0.571. The molecular weight excluding hydrogens is 160 g/mol. The summed E-state index contributed by atoms with van der Waals surface area (Å²) < 4.78 is 4.89. The molecule has 12 heavy (non-hydrogen) atoms. The summed E-state index contributed by atoms with van der Waals surface area (Å²) in [6.45, 7) is 0.906. The maximum atomic E-state index is 10.7. The zero-order chi connectivity index (χ0) is 9.23. The third kappa shape index (κ3) is 7.02. The lowest BCUT2D eigenvalue weighted by Gasteiger charge is -2.02. The van der Waals surface area contributed by atoms with Crippen LogP contribution in [0.25, 0.3) is 0 Å². The fourth-order valence-electron chi connectivity index (χ4n) is 0.520. The molecule has 0 radical (unpaired) electrons. The highest BCUT2D eigenvalue weighted by atomic mass is 16.6. The molecule has 0 aliphatic heterocycles. The minimum atomic E-state index is -0.276. The molecule has 0 aromatic carbocycles. The summed E-state index contributed by atoms with van der Waals surface area (Å²) >= 11 is 0. The Morgan fingerprint density at radius 2 is 2.42 bits per heavy atom. The van der Waals surface area contributed by atoms with Crippen molar-refractivity contribution in [2.75, 3.05) is 26.4 Å². The average molecular weight is 172 g/mol. The highest BCUT2D eigenvalue weighted by Crippen LogP contribution is 1.71. The summed E-state index contributed by atoms with van der Waals surface area (Å²) in [5.41, 5.74) is 0. The summed E-state index contributed by atoms with van der Waals surface area (Å²) in [5, 5.41) is 2.50. The molecule has 0 aliphatic carbocycles. The van der Waals surface area contributed by atoms with E-state index in [1.807, 2.05) is 0 Å². The van der Waals surface area contributed by atoms with Crippen molar-refractivity contribution in [2.45, 2.75) is 0 Å². The summed E-state index contributed by atoms with van der Waals surface area (Å²) in [4.78, 5) is 14.8. The molecule has 0 bridgehead atoms. The van der Waals surface area contributed by atoms with E-state index in [9.17, 15) is 4.79 Å². The molecule has 0 heterocycles. The number of terminal acetylenes is 1. The summed E-state index contributed by atoms with van der Waals surface area (Å²) in [6, 6.07) is 0. The molecule has 1 amide bonds. The molecule has 0 unspecified atom stereocenters. The lowest BCUT2D eigenvalue weighted by atomic mass is 10.6. The molecule has 68 valence electrons. The van der Waals surface area contributed by atoms with Gasteiger partial charge in [-0.2, -0.15) is 0 Å². The molecule has 5 nitrogen and oxygen atoms in total. The van der Waals surface area contributed by atoms with Gasteiger partial charge in [0.05, 0.1) is 6.61 Å². The van der Waals surface area contributed by atoms with Gasteiger partial charge in [-0.05, 0) is 0 Å². The number of hydrogen-bond acceptors (Lipinski definition) is 4. The van der Waals surface area contributed by atoms with E-state index in [0.29, 0.717) is 13.2 Å². The minimum absolute atomic E-state index is 0.144. The highest BCUT2D eigenvalue weighted by Gasteiger charge is 1.97. The van der Waals surface area contributed by atoms with Crippen molar-refractivity contribution in [1.82, 2.24) is 5.32 Å². The van der Waals surface area contributed by atoms with Crippen LogP contribution in [0.15, 0.2) is 0 Å². The molecular formula is C7H12N2O3. The summed E-state index contributed by atoms with van der Waals surface area (Å²) in [6.07, 6.45) is 4.92. The average Bonchev–Trinajstić information content (AvgIpc) is 2.05. The van der Waals surface area contributed by atoms with E-state index in [2.05, 4.69) is 22.0 Å². The quantitative estimate of drug-likeness (QED) is 0.295. The van der Waals surface area contributed by atoms with Gasteiger partial charge in [0.1, 0.15) is 13.2 Å². The molecule has 0 spiro atoms. The van der Waals surface area contributed by atoms with Crippen molar-refractivity contribution in [2.24, 2.45) is 5.90 Å². The van der Waals surface area contributed by atoms with Gasteiger partial charge in [0.25, 0.3) is 0 Å². The number of rotatable bonds is 6. The smallest absolute Gasteiger partial charge is 0.248 e. The number of carbonyl (C=O) groups is 1. The van der Waals surface area contributed by atoms with Crippen LogP contribution in [0, 0.1) is 12.3 Å². The molecule has 0 aliphatic rings. The van der Waals surface area contributed by atoms with Crippen molar-refractivity contribution in [1.29, 1.82) is 0 Å². The lowest BCUT2D eigenvalue weighted by molar-refractivity contribution is -0.126. The van der Waals surface area contributed by atoms with Crippen LogP contribution in [-0.2, 0) is 14.4 Å². The largest absolute Gasteiger partial charge is 0.367 e. The first-order valence-electron chi connectivity index (χ1n) is 3.41. The van der Waals surface area contributed by atoms with Gasteiger partial charge in [0.2, 0.25) is 5.91 Å². The number of hydrogen-bond donors (Lipinski definition) is 2. The SMILES string of the molecule is C#CCOCCNC(=O)CON. The van der Waals surface area contributed by atoms with Gasteiger partial charge >= 0.3 is 0 Å². The van der Waals surface area contributed by atoms with Gasteiger partial charge in [-0.1, -0.05) is 5.92 Å². The monoisotopic (exact) mass is 172 g/mol. The zero-order valence-electron chi connectivity index (χ0n) is 6.71. The van der Waals surface area contributed by atoms with Crippen LogP contribution in [0.3, 0.4) is 0 Å². The Balaban J connectivity index is 3.09. The van der Waals surface area contributed by atoms with Gasteiger partial charge < -0.3 is 10.1 Å². The standard InChI is InChI=1S/C7H12N2O3/c1-2-4-11-5-3-9-7(10)6-12-8/h1H,3-6,8H2,(H,9,10). The second-order valence-electron chi connectivity index (χ2n) is 1.92. The normalized spacial score (nSPS) is 9.00. The van der Waals surface area contributed by atoms with Crippen molar-refractivity contribution >= 4 is 5.91 Å². The Hall–Kier alpha value is -1.09. The first-order valence-corrected chi connectivity index (χ1v) is 3.41. The van der Waals surface area contributed by atoms with Crippen LogP contribution in [0.4, 0.5) is 0 Å². The van der Waals surface area contributed by atoms with Crippen LogP contribution in [0.5, 0.6) is 0 Å². The lowest BCUT2D eigenvalue weighted by Crippen LogP contribution is -2.31. The highest BCUT2D eigenvalue weighted by molar-refractivity contribution is 5.77. The fourth-order valence-corrected chi connectivity index (χ4v) is 0.520. The van der Waals surface area contributed by atoms with Crippen LogP contribution in [0.2, 0.25) is 0 Å². The first-order chi connectivity index (χ1) is 5.81. The van der Waals surface area contributed by atoms with Crippen molar-refractivity contribution in [3.8, 4) is 12.3 Å². The van der Waals surface area contributed by atoms with E-state index >= 15 is 0 Å². The topological polar surface area (TPSA) is 73.6 Å². The van der Waals surface area contributed by atoms with Crippen molar-refractivity contribution < 1.29 is 14.4 Å². The van der Waals surface area contributed by atoms with E-state index in [1.165, 1.54) is 0 Å². The van der Waals surface area contributed by atoms with Crippen LogP contribution in [-0.4, -0.2) is 32.3 Å². The number of amides is 1. The second-order valence-corrected chi connectivity index (χ2v) is 1.92. The second kappa shape index (κ2) is 8.01. The summed E-state index contributed by atoms with van der Waals surface area (Å²) in [5.74, 6) is 6.69. The molecule has 0 rings (SSSR count). The first kappa shape index (κ1) is 10.9. The third-order valence-corrected chi connectivity index (χ3v) is 0.968. The van der Waals surface area contributed by atoms with E-state index in [0.717, 1.165) is 0 Å². The maximum absolute atomic E-state index is 10.7. The Labute approximate surface area is 71.2 Å². The molecule has 0 saturated carbocycles. The van der Waals surface area contributed by atoms with Crippen LogP contribution < -0.4 is 11.2 Å². The number of nitrogens with two attached hydrogens (primary N) is 1. The van der Waals surface area contributed by atoms with E-state index in [4.69, 9.17) is 11.2 Å². The molecule has 3 N–H and O–H groups in total. The molecule has 5 heteroatoms. The Kier molecular flexibility index (Phi) is 7.28. The molecule has 0 aromatic rings. The summed E-state index contributed by atoms with van der Waals surface area (Å²) in [7, 11) is 0. The maximum Gasteiger partial charge on any atom is 0.248 e. The van der Waals surface area contributed by atoms with Crippen molar-refractivity contribution in [3.63, 3.8) is 0 Å². The molecule has 0 fully saturated rings. The van der Waals surface area contributed by atoms with Gasteiger partial charge in [-0.15, -0.1) is 6.42 Å². The minimum Gasteiger partial charge on any atom is -0.367 e. The van der Waals surface area contributed by atoms with Gasteiger partial charge in [-0.3, -0.25) is 9.63 Å². The molecule has 0 aromatic heterocycles. The van der Waals surface area contributed by atoms with Crippen molar-refractivity contribution in [3.05, 3.63) is 0 Å². The predicted octanol–water partition coefficient (Wildman–Crippen LogP) is -1.36. The van der Waals surface area contributed by atoms with Crippen LogP contribution in [0.1, 0.15) is 0 Å². The zero-order valence-corrected chi connectivity index (χ0v) is 6.71. The number of ether oxygens (including phenoxy) is 1. The number of carbonyl (C=O) groups excluding carboxylic acids is 1. The van der Waals surface area contributed by atoms with Gasteiger partial charge in [0, 0.05) is 6.54 Å². The van der Waals surface area contributed by atoms with E-state index in [-0.39, 0.29) is 19.1 Å². The number of nitrogens with one attached hydrogen (secondary N) is 1. The Morgan fingerprint density at radius 1 is 1.67 bits per heavy atom. The Morgan fingerprint density at radius 3 is 3.00 bits per heavy atom. The predicted molar refractivity (Wildman–Crippen MR) is 42.8 cm³/mol.